The molecular formula is C8H10BrNO2. The molecule has 0 aliphatic heterocycles. The summed E-state index contributed by atoms with van der Waals surface area (Å²) in [6, 6.07) is 3.64. The van der Waals surface area contributed by atoms with Crippen LogP contribution in [0, 0.1) is 0 Å². The number of pyridine rings is 1. The lowest BCUT2D eigenvalue weighted by Crippen LogP contribution is -2.00. The summed E-state index contributed by atoms with van der Waals surface area (Å²) in [5.74, 6) is 0.589. The molecule has 0 amide bonds. The number of nitrogens with zero attached hydrogens (tertiary/aromatic N) is 1. The molecule has 0 unspecified atom stereocenters. The number of halogens is 1. The van der Waals surface area contributed by atoms with E-state index >= 15 is 0 Å². The molecule has 3 nitrogen and oxygen atoms in total. The zero-order valence-electron chi connectivity index (χ0n) is 6.53. The predicted molar refractivity (Wildman–Crippen MR) is 49.1 cm³/mol. The maximum absolute atomic E-state index is 8.48. The average Bonchev–Trinajstić information content (AvgIpc) is 2.09. The minimum Gasteiger partial charge on any atom is -0.478 e. The van der Waals surface area contributed by atoms with Gasteiger partial charge in [0.2, 0.25) is 5.88 Å². The van der Waals surface area contributed by atoms with Crippen LogP contribution in [0.1, 0.15) is 6.42 Å². The normalized spacial score (nSPS) is 9.83. The monoisotopic (exact) mass is 231 g/mol. The molecule has 1 heterocycles. The summed E-state index contributed by atoms with van der Waals surface area (Å²) in [5, 5.41) is 8.48. The highest BCUT2D eigenvalue weighted by atomic mass is 79.9. The van der Waals surface area contributed by atoms with Crippen molar-refractivity contribution in [3.05, 3.63) is 22.8 Å². The molecule has 0 radical (unpaired) electrons. The van der Waals surface area contributed by atoms with Crippen LogP contribution in [0.25, 0.3) is 0 Å². The third kappa shape index (κ3) is 3.19. The summed E-state index contributed by atoms with van der Waals surface area (Å²) in [5.41, 5.74) is 0. The highest BCUT2D eigenvalue weighted by Gasteiger charge is 1.93. The van der Waals surface area contributed by atoms with Gasteiger partial charge in [-0.3, -0.25) is 0 Å². The van der Waals surface area contributed by atoms with Crippen molar-refractivity contribution in [1.29, 1.82) is 0 Å². The molecule has 1 aromatic heterocycles. The summed E-state index contributed by atoms with van der Waals surface area (Å²) in [4.78, 5) is 4.00. The largest absolute Gasteiger partial charge is 0.478 e. The smallest absolute Gasteiger partial charge is 0.213 e. The van der Waals surface area contributed by atoms with Crippen molar-refractivity contribution < 1.29 is 9.84 Å². The van der Waals surface area contributed by atoms with Crippen molar-refractivity contribution in [3.63, 3.8) is 0 Å². The van der Waals surface area contributed by atoms with Crippen molar-refractivity contribution in [2.24, 2.45) is 0 Å². The van der Waals surface area contributed by atoms with E-state index in [0.29, 0.717) is 18.9 Å². The summed E-state index contributed by atoms with van der Waals surface area (Å²) in [6.45, 7) is 0.654. The molecule has 12 heavy (non-hydrogen) atoms. The number of aliphatic hydroxyl groups excluding tert-OH is 1. The van der Waals surface area contributed by atoms with Gasteiger partial charge in [-0.25, -0.2) is 4.98 Å². The molecule has 0 bridgehead atoms. The van der Waals surface area contributed by atoms with Gasteiger partial charge in [-0.2, -0.15) is 0 Å². The number of ether oxygens (including phenoxy) is 1. The zero-order valence-corrected chi connectivity index (χ0v) is 8.12. The molecule has 1 aromatic rings. The van der Waals surface area contributed by atoms with Crippen LogP contribution >= 0.6 is 15.9 Å². The first kappa shape index (κ1) is 9.48. The molecule has 1 N–H and O–H groups in total. The van der Waals surface area contributed by atoms with E-state index in [0.717, 1.165) is 4.47 Å². The Hall–Kier alpha value is -0.610. The van der Waals surface area contributed by atoms with Gasteiger partial charge in [0.15, 0.2) is 0 Å². The van der Waals surface area contributed by atoms with Crippen LogP contribution in [-0.2, 0) is 0 Å². The molecule has 66 valence electrons. The molecule has 0 aliphatic carbocycles. The Labute approximate surface area is 79.5 Å². The van der Waals surface area contributed by atoms with E-state index in [4.69, 9.17) is 9.84 Å². The van der Waals surface area contributed by atoms with Gasteiger partial charge in [0.05, 0.1) is 6.61 Å². The second-order valence-corrected chi connectivity index (χ2v) is 3.16. The van der Waals surface area contributed by atoms with Crippen LogP contribution in [0.4, 0.5) is 0 Å². The van der Waals surface area contributed by atoms with Crippen molar-refractivity contribution in [3.8, 4) is 5.88 Å². The van der Waals surface area contributed by atoms with E-state index in [9.17, 15) is 0 Å². The molecule has 0 saturated heterocycles. The van der Waals surface area contributed by atoms with Crippen LogP contribution in [0.2, 0.25) is 0 Å². The first-order valence-electron chi connectivity index (χ1n) is 3.68. The van der Waals surface area contributed by atoms with Gasteiger partial charge in [0.25, 0.3) is 0 Å². The number of hydrogen-bond donors (Lipinski definition) is 1. The lowest BCUT2D eigenvalue weighted by atomic mass is 10.5. The maximum atomic E-state index is 8.48. The fourth-order valence-corrected chi connectivity index (χ4v) is 0.923. The Bertz CT molecular complexity index is 225. The topological polar surface area (TPSA) is 42.4 Å². The van der Waals surface area contributed by atoms with Gasteiger partial charge in [-0.05, 0) is 22.0 Å². The molecule has 1 rings (SSSR count). The number of hydrogen-bond acceptors (Lipinski definition) is 3. The average molecular weight is 232 g/mol. The van der Waals surface area contributed by atoms with Gasteiger partial charge < -0.3 is 9.84 Å². The van der Waals surface area contributed by atoms with E-state index in [-0.39, 0.29) is 6.61 Å². The van der Waals surface area contributed by atoms with E-state index in [2.05, 4.69) is 20.9 Å². The second-order valence-electron chi connectivity index (χ2n) is 2.24. The second kappa shape index (κ2) is 5.11. The molecule has 0 fully saturated rings. The van der Waals surface area contributed by atoms with E-state index in [1.165, 1.54) is 0 Å². The van der Waals surface area contributed by atoms with Crippen LogP contribution in [0.3, 0.4) is 0 Å². The summed E-state index contributed by atoms with van der Waals surface area (Å²) >= 11 is 3.27. The maximum Gasteiger partial charge on any atom is 0.213 e. The molecule has 0 spiro atoms. The first-order chi connectivity index (χ1) is 5.83. The van der Waals surface area contributed by atoms with Gasteiger partial charge >= 0.3 is 0 Å². The molecule has 4 heteroatoms. The minimum atomic E-state index is 0.149. The fourth-order valence-electron chi connectivity index (χ4n) is 0.689. The molecule has 0 atom stereocenters. The quantitative estimate of drug-likeness (QED) is 0.802. The van der Waals surface area contributed by atoms with Crippen molar-refractivity contribution >= 4 is 15.9 Å². The van der Waals surface area contributed by atoms with E-state index < -0.39 is 0 Å². The van der Waals surface area contributed by atoms with Gasteiger partial charge in [0.1, 0.15) is 0 Å². The summed E-state index contributed by atoms with van der Waals surface area (Å²) < 4.78 is 6.14. The van der Waals surface area contributed by atoms with Crippen molar-refractivity contribution in [1.82, 2.24) is 4.98 Å². The van der Waals surface area contributed by atoms with Crippen molar-refractivity contribution in [2.75, 3.05) is 13.2 Å². The van der Waals surface area contributed by atoms with Crippen LogP contribution in [0.5, 0.6) is 5.88 Å². The molecule has 0 aromatic carbocycles. The van der Waals surface area contributed by atoms with Gasteiger partial charge in [-0.15, -0.1) is 0 Å². The van der Waals surface area contributed by atoms with Gasteiger partial charge in [-0.1, -0.05) is 0 Å². The standard InChI is InChI=1S/C8H10BrNO2/c9-7-2-3-8(10-6-7)12-5-1-4-11/h2-3,6,11H,1,4-5H2. The number of aliphatic hydroxyl groups is 1. The first-order valence-corrected chi connectivity index (χ1v) is 4.47. The van der Waals surface area contributed by atoms with Crippen LogP contribution < -0.4 is 4.74 Å². The van der Waals surface area contributed by atoms with E-state index in [1.54, 1.807) is 12.3 Å². The Kier molecular flexibility index (Phi) is 4.04. The molecule has 0 saturated carbocycles. The Morgan fingerprint density at radius 2 is 2.33 bits per heavy atom. The van der Waals surface area contributed by atoms with Crippen LogP contribution in [0.15, 0.2) is 22.8 Å². The zero-order chi connectivity index (χ0) is 8.81. The number of aromatic nitrogens is 1. The fraction of sp³-hybridized carbons (Fsp3) is 0.375. The van der Waals surface area contributed by atoms with E-state index in [1.807, 2.05) is 6.07 Å². The van der Waals surface area contributed by atoms with Crippen molar-refractivity contribution in [2.45, 2.75) is 6.42 Å². The summed E-state index contributed by atoms with van der Waals surface area (Å²) in [7, 11) is 0. The number of rotatable bonds is 4. The Morgan fingerprint density at radius 3 is 2.92 bits per heavy atom. The highest BCUT2D eigenvalue weighted by Crippen LogP contribution is 2.11. The highest BCUT2D eigenvalue weighted by molar-refractivity contribution is 9.10. The minimum absolute atomic E-state index is 0.149. The third-order valence-electron chi connectivity index (χ3n) is 1.25. The Balaban J connectivity index is 2.37. The third-order valence-corrected chi connectivity index (χ3v) is 1.72. The van der Waals surface area contributed by atoms with Gasteiger partial charge in [0, 0.05) is 29.8 Å². The molecular weight excluding hydrogens is 222 g/mol. The predicted octanol–water partition coefficient (Wildman–Crippen LogP) is 1.61. The van der Waals surface area contributed by atoms with Crippen LogP contribution in [-0.4, -0.2) is 23.3 Å². The lowest BCUT2D eigenvalue weighted by molar-refractivity contribution is 0.229. The Morgan fingerprint density at radius 1 is 1.50 bits per heavy atom. The lowest BCUT2D eigenvalue weighted by Gasteiger charge is -2.02. The SMILES string of the molecule is OCCCOc1ccc(Br)cn1. The molecule has 0 aliphatic rings. The summed E-state index contributed by atoms with van der Waals surface area (Å²) in [6.07, 6.45) is 2.31.